The number of nitrogens with two attached hydrogens (primary N) is 1. The molecule has 0 aliphatic rings. The van der Waals surface area contributed by atoms with Crippen LogP contribution in [0.25, 0.3) is 0 Å². The van der Waals surface area contributed by atoms with Crippen molar-refractivity contribution in [3.05, 3.63) is 47.0 Å². The Bertz CT molecular complexity index is 781. The van der Waals surface area contributed by atoms with Crippen LogP contribution in [0.1, 0.15) is 41.7 Å². The zero-order chi connectivity index (χ0) is 20.2. The number of carbonyl (C=O) groups excluding carboxylic acids is 3. The molecule has 10 heteroatoms. The molecule has 0 aliphatic carbocycles. The van der Waals surface area contributed by atoms with Gasteiger partial charge in [-0.3, -0.25) is 14.4 Å². The van der Waals surface area contributed by atoms with Crippen molar-refractivity contribution in [1.29, 1.82) is 0 Å². The second kappa shape index (κ2) is 11.7. The summed E-state index contributed by atoms with van der Waals surface area (Å²) in [5, 5.41) is 7.16. The van der Waals surface area contributed by atoms with E-state index in [0.29, 0.717) is 31.1 Å². The number of hydrogen-bond acceptors (Lipinski definition) is 6. The molecule has 4 amide bonds. The molecule has 0 fully saturated rings. The van der Waals surface area contributed by atoms with Crippen LogP contribution in [0.15, 0.2) is 35.7 Å². The van der Waals surface area contributed by atoms with Gasteiger partial charge in [-0.1, -0.05) is 36.8 Å². The van der Waals surface area contributed by atoms with Crippen LogP contribution in [0.5, 0.6) is 0 Å². The minimum Gasteiger partial charge on any atom is -0.364 e. The molecule has 0 unspecified atom stereocenters. The second-order valence-corrected chi connectivity index (χ2v) is 6.75. The highest BCUT2D eigenvalue weighted by atomic mass is 32.1. The molecule has 1 aromatic carbocycles. The number of nitrogens with zero attached hydrogens (tertiary/aromatic N) is 1. The molecular formula is C18H23N5O4S. The normalized spacial score (nSPS) is 10.3. The molecule has 2 rings (SSSR count). The molecule has 0 atom stereocenters. The van der Waals surface area contributed by atoms with Crippen LogP contribution in [-0.2, 0) is 16.2 Å². The minimum absolute atomic E-state index is 0.136. The van der Waals surface area contributed by atoms with Gasteiger partial charge in [0.25, 0.3) is 5.91 Å². The Morgan fingerprint density at radius 2 is 1.89 bits per heavy atom. The summed E-state index contributed by atoms with van der Waals surface area (Å²) < 4.78 is 0. The lowest BCUT2D eigenvalue weighted by Gasteiger charge is -2.08. The number of carbonyl (C=O) groups is 3. The molecule has 0 radical (unpaired) electrons. The van der Waals surface area contributed by atoms with E-state index in [-0.39, 0.29) is 11.6 Å². The van der Waals surface area contributed by atoms with Crippen LogP contribution >= 0.6 is 11.3 Å². The van der Waals surface area contributed by atoms with Gasteiger partial charge < -0.3 is 16.4 Å². The summed E-state index contributed by atoms with van der Waals surface area (Å²) in [5.41, 5.74) is 8.53. The first-order valence-corrected chi connectivity index (χ1v) is 9.67. The smallest absolute Gasteiger partial charge is 0.338 e. The van der Waals surface area contributed by atoms with Crippen molar-refractivity contribution in [3.63, 3.8) is 0 Å². The van der Waals surface area contributed by atoms with E-state index in [4.69, 9.17) is 10.6 Å². The first kappa shape index (κ1) is 21.3. The van der Waals surface area contributed by atoms with Gasteiger partial charge >= 0.3 is 6.03 Å². The van der Waals surface area contributed by atoms with Crippen LogP contribution in [0.3, 0.4) is 0 Å². The number of nitrogens with one attached hydrogen (secondary N) is 3. The minimum atomic E-state index is -0.626. The second-order valence-electron chi connectivity index (χ2n) is 5.89. The van der Waals surface area contributed by atoms with Gasteiger partial charge in [-0.15, -0.1) is 11.3 Å². The van der Waals surface area contributed by atoms with Crippen LogP contribution in [-0.4, -0.2) is 29.4 Å². The number of aromatic nitrogens is 1. The van der Waals surface area contributed by atoms with E-state index in [2.05, 4.69) is 21.1 Å². The fourth-order valence-corrected chi connectivity index (χ4v) is 2.93. The van der Waals surface area contributed by atoms with Gasteiger partial charge in [0, 0.05) is 18.3 Å². The van der Waals surface area contributed by atoms with Gasteiger partial charge in [0.15, 0.2) is 5.13 Å². The quantitative estimate of drug-likeness (QED) is 0.336. The highest BCUT2D eigenvalue weighted by molar-refractivity contribution is 7.14. The lowest BCUT2D eigenvalue weighted by atomic mass is 10.2. The number of primary amides is 1. The van der Waals surface area contributed by atoms with E-state index in [1.54, 1.807) is 0 Å². The maximum Gasteiger partial charge on any atom is 0.338 e. The summed E-state index contributed by atoms with van der Waals surface area (Å²) in [6.45, 7) is 0.778. The Morgan fingerprint density at radius 1 is 1.11 bits per heavy atom. The standard InChI is InChI=1S/C18H23N5O4S/c19-16(25)14-12-28-18(21-14)22-15(24)9-5-2-6-10-20-17(26)23-27-11-13-7-3-1-4-8-13/h1,3-4,7-8,12H,2,5-6,9-11H2,(H2,19,25)(H2,20,23,26)(H,21,22,24). The lowest BCUT2D eigenvalue weighted by molar-refractivity contribution is -0.116. The summed E-state index contributed by atoms with van der Waals surface area (Å²) in [6, 6.07) is 9.11. The molecule has 5 N–H and O–H groups in total. The van der Waals surface area contributed by atoms with Crippen molar-refractivity contribution in [2.24, 2.45) is 5.73 Å². The number of thiazole rings is 1. The molecule has 0 saturated heterocycles. The molecule has 0 spiro atoms. The largest absolute Gasteiger partial charge is 0.364 e. The Hall–Kier alpha value is -2.98. The number of amides is 4. The van der Waals surface area contributed by atoms with Crippen molar-refractivity contribution < 1.29 is 19.2 Å². The third kappa shape index (κ3) is 8.14. The SMILES string of the molecule is NC(=O)c1csc(NC(=O)CCCCCNC(=O)NOCc2ccccc2)n1. The lowest BCUT2D eigenvalue weighted by Crippen LogP contribution is -2.35. The molecular weight excluding hydrogens is 382 g/mol. The Balaban J connectivity index is 1.47. The van der Waals surface area contributed by atoms with E-state index in [9.17, 15) is 14.4 Å². The Kier molecular flexibility index (Phi) is 8.89. The number of hydroxylamine groups is 1. The van der Waals surface area contributed by atoms with Crippen molar-refractivity contribution in [1.82, 2.24) is 15.8 Å². The van der Waals surface area contributed by atoms with E-state index >= 15 is 0 Å². The van der Waals surface area contributed by atoms with Crippen LogP contribution in [0.2, 0.25) is 0 Å². The van der Waals surface area contributed by atoms with Crippen molar-refractivity contribution in [3.8, 4) is 0 Å². The van der Waals surface area contributed by atoms with E-state index in [1.165, 1.54) is 5.38 Å². The molecule has 1 aromatic heterocycles. The van der Waals surface area contributed by atoms with Crippen molar-refractivity contribution >= 4 is 34.3 Å². The average Bonchev–Trinajstić information content (AvgIpc) is 3.14. The molecule has 0 saturated carbocycles. The number of unbranched alkanes of at least 4 members (excludes halogenated alkanes) is 2. The van der Waals surface area contributed by atoms with Crippen molar-refractivity contribution in [2.75, 3.05) is 11.9 Å². The molecule has 150 valence electrons. The predicted molar refractivity (Wildman–Crippen MR) is 105 cm³/mol. The molecule has 1 heterocycles. The summed E-state index contributed by atoms with van der Waals surface area (Å²) >= 11 is 1.15. The van der Waals surface area contributed by atoms with Crippen LogP contribution < -0.4 is 21.8 Å². The number of rotatable bonds is 11. The van der Waals surface area contributed by atoms with Crippen LogP contribution in [0.4, 0.5) is 9.93 Å². The number of benzene rings is 1. The third-order valence-electron chi connectivity index (χ3n) is 3.62. The zero-order valence-electron chi connectivity index (χ0n) is 15.3. The maximum atomic E-state index is 11.8. The fraction of sp³-hybridized carbons (Fsp3) is 0.333. The van der Waals surface area contributed by atoms with E-state index in [1.807, 2.05) is 30.3 Å². The summed E-state index contributed by atoms with van der Waals surface area (Å²) in [4.78, 5) is 43.4. The first-order valence-electron chi connectivity index (χ1n) is 8.79. The van der Waals surface area contributed by atoms with Gasteiger partial charge in [-0.25, -0.2) is 15.3 Å². The number of hydrogen-bond donors (Lipinski definition) is 4. The zero-order valence-corrected chi connectivity index (χ0v) is 16.1. The van der Waals surface area contributed by atoms with E-state index in [0.717, 1.165) is 29.7 Å². The van der Waals surface area contributed by atoms with Gasteiger partial charge in [0.1, 0.15) is 5.69 Å². The highest BCUT2D eigenvalue weighted by Crippen LogP contribution is 2.15. The number of urea groups is 1. The average molecular weight is 405 g/mol. The maximum absolute atomic E-state index is 11.8. The van der Waals surface area contributed by atoms with Crippen molar-refractivity contribution in [2.45, 2.75) is 32.3 Å². The first-order chi connectivity index (χ1) is 13.5. The third-order valence-corrected chi connectivity index (χ3v) is 4.37. The summed E-state index contributed by atoms with van der Waals surface area (Å²) in [7, 11) is 0. The van der Waals surface area contributed by atoms with Gasteiger partial charge in [0.2, 0.25) is 5.91 Å². The molecule has 28 heavy (non-hydrogen) atoms. The highest BCUT2D eigenvalue weighted by Gasteiger charge is 2.09. The Labute approximate surface area is 166 Å². The molecule has 9 nitrogen and oxygen atoms in total. The topological polar surface area (TPSA) is 135 Å². The fourth-order valence-electron chi connectivity index (χ4n) is 2.21. The van der Waals surface area contributed by atoms with Gasteiger partial charge in [-0.2, -0.15) is 0 Å². The molecule has 0 aliphatic heterocycles. The molecule has 0 bridgehead atoms. The monoisotopic (exact) mass is 405 g/mol. The molecule has 2 aromatic rings. The predicted octanol–water partition coefficient (Wildman–Crippen LogP) is 2.17. The Morgan fingerprint density at radius 3 is 2.61 bits per heavy atom. The summed E-state index contributed by atoms with van der Waals surface area (Å²) in [6.07, 6.45) is 2.52. The van der Waals surface area contributed by atoms with Gasteiger partial charge in [-0.05, 0) is 18.4 Å². The van der Waals surface area contributed by atoms with Crippen LogP contribution in [0, 0.1) is 0 Å². The number of anilines is 1. The van der Waals surface area contributed by atoms with Gasteiger partial charge in [0.05, 0.1) is 6.61 Å². The summed E-state index contributed by atoms with van der Waals surface area (Å²) in [5.74, 6) is -0.802. The van der Waals surface area contributed by atoms with E-state index < -0.39 is 11.9 Å².